The number of carbonyl (C=O) groups is 1. The minimum atomic E-state index is -3.87. The Morgan fingerprint density at radius 2 is 1.93 bits per heavy atom. The molecule has 0 bridgehead atoms. The van der Waals surface area contributed by atoms with Gasteiger partial charge in [-0.2, -0.15) is 9.57 Å². The van der Waals surface area contributed by atoms with Crippen LogP contribution in [0.25, 0.3) is 0 Å². The Morgan fingerprint density at radius 3 is 2.59 bits per heavy atom. The molecular weight excluding hydrogens is 414 g/mol. The summed E-state index contributed by atoms with van der Waals surface area (Å²) < 4.78 is 32.5. The molecule has 7 nitrogen and oxygen atoms in total. The molecule has 29 heavy (non-hydrogen) atoms. The van der Waals surface area contributed by atoms with E-state index >= 15 is 0 Å². The molecule has 9 heteroatoms. The van der Waals surface area contributed by atoms with E-state index in [1.165, 1.54) is 29.6 Å². The van der Waals surface area contributed by atoms with E-state index in [-0.39, 0.29) is 40.4 Å². The Hall–Kier alpha value is -2.60. The maximum absolute atomic E-state index is 13.0. The first-order valence-electron chi connectivity index (χ1n) is 9.00. The van der Waals surface area contributed by atoms with Gasteiger partial charge in [-0.25, -0.2) is 8.42 Å². The van der Waals surface area contributed by atoms with Crippen molar-refractivity contribution in [1.82, 2.24) is 4.31 Å². The lowest BCUT2D eigenvalue weighted by Crippen LogP contribution is -2.41. The quantitative estimate of drug-likeness (QED) is 0.780. The van der Waals surface area contributed by atoms with Crippen molar-refractivity contribution >= 4 is 33.2 Å². The van der Waals surface area contributed by atoms with Gasteiger partial charge in [0.25, 0.3) is 0 Å². The van der Waals surface area contributed by atoms with E-state index in [2.05, 4.69) is 5.32 Å². The fourth-order valence-corrected chi connectivity index (χ4v) is 5.16. The van der Waals surface area contributed by atoms with Crippen LogP contribution in [0, 0.1) is 17.2 Å². The summed E-state index contributed by atoms with van der Waals surface area (Å²) in [6.45, 7) is 0.369. The third-order valence-corrected chi connectivity index (χ3v) is 7.05. The summed E-state index contributed by atoms with van der Waals surface area (Å²) in [5, 5.41) is 12.3. The zero-order chi connectivity index (χ0) is 21.0. The van der Waals surface area contributed by atoms with Gasteiger partial charge in [-0.1, -0.05) is 23.7 Å². The number of methoxy groups -OCH3 is 1. The monoisotopic (exact) mass is 433 g/mol. The molecule has 0 saturated carbocycles. The number of ether oxygens (including phenoxy) is 1. The molecule has 0 atom stereocenters. The predicted octanol–water partition coefficient (Wildman–Crippen LogP) is 3.26. The van der Waals surface area contributed by atoms with Gasteiger partial charge in [0.1, 0.15) is 16.7 Å². The number of benzene rings is 2. The second-order valence-corrected chi connectivity index (χ2v) is 8.96. The number of hydrogen-bond donors (Lipinski definition) is 1. The summed E-state index contributed by atoms with van der Waals surface area (Å²) >= 11 is 5.93. The van der Waals surface area contributed by atoms with E-state index < -0.39 is 10.0 Å². The molecule has 1 heterocycles. The highest BCUT2D eigenvalue weighted by Crippen LogP contribution is 2.29. The van der Waals surface area contributed by atoms with Crippen LogP contribution in [0.4, 0.5) is 5.69 Å². The molecule has 1 N–H and O–H groups in total. The van der Waals surface area contributed by atoms with E-state index in [1.54, 1.807) is 18.2 Å². The van der Waals surface area contributed by atoms with Gasteiger partial charge in [-0.3, -0.25) is 4.79 Å². The highest BCUT2D eigenvalue weighted by atomic mass is 35.5. The van der Waals surface area contributed by atoms with Crippen LogP contribution in [-0.2, 0) is 14.8 Å². The van der Waals surface area contributed by atoms with Gasteiger partial charge in [-0.05, 0) is 43.2 Å². The summed E-state index contributed by atoms with van der Waals surface area (Å²) in [6.07, 6.45) is 0.755. The van der Waals surface area contributed by atoms with Crippen LogP contribution in [0.15, 0.2) is 47.4 Å². The second-order valence-electron chi connectivity index (χ2n) is 6.62. The summed E-state index contributed by atoms with van der Waals surface area (Å²) in [5.41, 5.74) is 0.623. The summed E-state index contributed by atoms with van der Waals surface area (Å²) in [5.74, 6) is 0.0685. The number of rotatable bonds is 5. The van der Waals surface area contributed by atoms with Crippen LogP contribution in [0.1, 0.15) is 18.4 Å². The van der Waals surface area contributed by atoms with Gasteiger partial charge in [0, 0.05) is 24.0 Å². The molecule has 0 aromatic heterocycles. The van der Waals surface area contributed by atoms with Gasteiger partial charge in [-0.15, -0.1) is 0 Å². The highest BCUT2D eigenvalue weighted by molar-refractivity contribution is 7.89. The maximum Gasteiger partial charge on any atom is 0.244 e. The number of piperidine rings is 1. The van der Waals surface area contributed by atoms with Crippen LogP contribution in [0.3, 0.4) is 0 Å². The predicted molar refractivity (Wildman–Crippen MR) is 109 cm³/mol. The second kappa shape index (κ2) is 8.82. The lowest BCUT2D eigenvalue weighted by Gasteiger charge is -2.30. The third kappa shape index (κ3) is 4.53. The zero-order valence-electron chi connectivity index (χ0n) is 15.8. The largest absolute Gasteiger partial charge is 0.495 e. The lowest BCUT2D eigenvalue weighted by molar-refractivity contribution is -0.120. The van der Waals surface area contributed by atoms with Gasteiger partial charge in [0.2, 0.25) is 15.9 Å². The number of halogens is 1. The van der Waals surface area contributed by atoms with Crippen molar-refractivity contribution in [3.05, 3.63) is 53.1 Å². The fourth-order valence-electron chi connectivity index (χ4n) is 3.28. The third-order valence-electron chi connectivity index (χ3n) is 4.87. The van der Waals surface area contributed by atoms with Crippen molar-refractivity contribution < 1.29 is 17.9 Å². The Bertz CT molecular complexity index is 1060. The van der Waals surface area contributed by atoms with Crippen LogP contribution < -0.4 is 10.1 Å². The topological polar surface area (TPSA) is 99.5 Å². The van der Waals surface area contributed by atoms with Crippen molar-refractivity contribution in [2.45, 2.75) is 17.7 Å². The number of anilines is 1. The van der Waals surface area contributed by atoms with Crippen molar-refractivity contribution in [2.24, 2.45) is 5.92 Å². The number of carbonyl (C=O) groups excluding carboxylic acids is 1. The number of hydrogen-bond acceptors (Lipinski definition) is 5. The first-order chi connectivity index (χ1) is 13.9. The first-order valence-corrected chi connectivity index (χ1v) is 10.8. The number of nitrogens with zero attached hydrogens (tertiary/aromatic N) is 2. The molecule has 3 rings (SSSR count). The van der Waals surface area contributed by atoms with Gasteiger partial charge in [0.15, 0.2) is 0 Å². The molecule has 1 aliphatic rings. The average Bonchev–Trinajstić information content (AvgIpc) is 2.74. The van der Waals surface area contributed by atoms with E-state index in [4.69, 9.17) is 16.3 Å². The van der Waals surface area contributed by atoms with E-state index in [0.717, 1.165) is 0 Å². The molecular formula is C20H20ClN3O4S. The van der Waals surface area contributed by atoms with Gasteiger partial charge in [0.05, 0.1) is 18.4 Å². The van der Waals surface area contributed by atoms with Crippen LogP contribution in [0.5, 0.6) is 5.75 Å². The van der Waals surface area contributed by atoms with Crippen molar-refractivity contribution in [3.63, 3.8) is 0 Å². The molecule has 0 aliphatic carbocycles. The average molecular weight is 434 g/mol. The van der Waals surface area contributed by atoms with Gasteiger partial charge < -0.3 is 10.1 Å². The van der Waals surface area contributed by atoms with Crippen LogP contribution in [0.2, 0.25) is 5.02 Å². The minimum Gasteiger partial charge on any atom is -0.495 e. The summed E-state index contributed by atoms with van der Waals surface area (Å²) in [4.78, 5) is 12.5. The van der Waals surface area contributed by atoms with Crippen molar-refractivity contribution in [1.29, 1.82) is 5.26 Å². The number of nitrogens with one attached hydrogen (secondary N) is 1. The molecule has 0 unspecified atom stereocenters. The smallest absolute Gasteiger partial charge is 0.244 e. The van der Waals surface area contributed by atoms with Crippen molar-refractivity contribution in [2.75, 3.05) is 25.5 Å². The van der Waals surface area contributed by atoms with Crippen molar-refractivity contribution in [3.8, 4) is 11.8 Å². The lowest BCUT2D eigenvalue weighted by atomic mass is 9.97. The Morgan fingerprint density at radius 1 is 1.24 bits per heavy atom. The number of sulfonamides is 1. The van der Waals surface area contributed by atoms with Gasteiger partial charge >= 0.3 is 0 Å². The summed E-state index contributed by atoms with van der Waals surface area (Å²) in [7, 11) is -2.34. The SMILES string of the molecule is COc1ccccc1NC(=O)C1CCN(S(=O)(=O)c2cc(Cl)ccc2C#N)CC1. The highest BCUT2D eigenvalue weighted by Gasteiger charge is 2.33. The zero-order valence-corrected chi connectivity index (χ0v) is 17.3. The number of nitriles is 1. The van der Waals surface area contributed by atoms with Crippen LogP contribution >= 0.6 is 11.6 Å². The first kappa shape index (κ1) is 21.1. The van der Waals surface area contributed by atoms with E-state index in [0.29, 0.717) is 24.3 Å². The summed E-state index contributed by atoms with van der Waals surface area (Å²) in [6, 6.07) is 13.2. The number of amides is 1. The standard InChI is InChI=1S/C20H20ClN3O4S/c1-28-18-5-3-2-4-17(18)23-20(25)14-8-10-24(11-9-14)29(26,27)19-12-16(21)7-6-15(19)13-22/h2-7,12,14H,8-11H2,1H3,(H,23,25). The fraction of sp³-hybridized carbons (Fsp3) is 0.300. The molecule has 1 aliphatic heterocycles. The van der Waals surface area contributed by atoms with E-state index in [1.807, 2.05) is 12.1 Å². The number of para-hydroxylation sites is 2. The molecule has 0 radical (unpaired) electrons. The maximum atomic E-state index is 13.0. The Labute approximate surface area is 174 Å². The molecule has 1 fully saturated rings. The van der Waals surface area contributed by atoms with E-state index in [9.17, 15) is 18.5 Å². The molecule has 0 spiro atoms. The molecule has 1 saturated heterocycles. The normalized spacial score (nSPS) is 15.5. The molecule has 1 amide bonds. The van der Waals surface area contributed by atoms with Crippen LogP contribution in [-0.4, -0.2) is 38.8 Å². The molecule has 2 aromatic carbocycles. The Balaban J connectivity index is 1.69. The molecule has 152 valence electrons. The Kier molecular flexibility index (Phi) is 6.42. The minimum absolute atomic E-state index is 0.0467. The molecule has 2 aromatic rings.